The fourth-order valence-electron chi connectivity index (χ4n) is 1.77. The lowest BCUT2D eigenvalue weighted by Gasteiger charge is -2.18. The Hall–Kier alpha value is -0.110. The molecule has 0 bridgehead atoms. The van der Waals surface area contributed by atoms with Crippen LogP contribution < -0.4 is 5.32 Å². The summed E-state index contributed by atoms with van der Waals surface area (Å²) in [6.45, 7) is 3.80. The van der Waals surface area contributed by atoms with Gasteiger partial charge in [0, 0.05) is 26.9 Å². The summed E-state index contributed by atoms with van der Waals surface area (Å²) in [7, 11) is 0. The quantitative estimate of drug-likeness (QED) is 0.659. The van der Waals surface area contributed by atoms with Crippen LogP contribution in [0.25, 0.3) is 0 Å². The number of halogens is 4. The molecule has 0 fully saturated rings. The molecule has 1 aromatic rings. The van der Waals surface area contributed by atoms with E-state index in [2.05, 4.69) is 28.2 Å². The van der Waals surface area contributed by atoms with Crippen molar-refractivity contribution >= 4 is 27.3 Å². The predicted molar refractivity (Wildman–Crippen MR) is 79.3 cm³/mol. The Morgan fingerprint density at radius 2 is 2.15 bits per heavy atom. The smallest absolute Gasteiger partial charge is 0.372 e. The average molecular weight is 374 g/mol. The van der Waals surface area contributed by atoms with Gasteiger partial charge in [-0.05, 0) is 48.3 Å². The molecule has 1 aromatic heterocycles. The van der Waals surface area contributed by atoms with E-state index in [0.717, 1.165) is 22.3 Å². The number of ether oxygens (including phenoxy) is 1. The minimum atomic E-state index is -4.26. The average Bonchev–Trinajstić information content (AvgIpc) is 2.66. The van der Waals surface area contributed by atoms with E-state index in [1.807, 2.05) is 13.0 Å². The third-order valence-electron chi connectivity index (χ3n) is 2.61. The van der Waals surface area contributed by atoms with Gasteiger partial charge in [-0.3, -0.25) is 0 Å². The van der Waals surface area contributed by atoms with Crippen LogP contribution in [0.4, 0.5) is 13.2 Å². The van der Waals surface area contributed by atoms with Crippen LogP contribution in [-0.4, -0.2) is 25.9 Å². The van der Waals surface area contributed by atoms with Crippen LogP contribution in [0.15, 0.2) is 10.5 Å². The van der Waals surface area contributed by atoms with E-state index >= 15 is 0 Å². The van der Waals surface area contributed by atoms with E-state index in [1.54, 1.807) is 11.3 Å². The van der Waals surface area contributed by atoms with Crippen LogP contribution in [0.3, 0.4) is 0 Å². The third kappa shape index (κ3) is 6.56. The molecular weight excluding hydrogens is 355 g/mol. The summed E-state index contributed by atoms with van der Waals surface area (Å²) >= 11 is 5.15. The normalized spacial score (nSPS) is 13.7. The second kappa shape index (κ2) is 8.36. The van der Waals surface area contributed by atoms with Crippen LogP contribution in [0.2, 0.25) is 0 Å². The van der Waals surface area contributed by atoms with Gasteiger partial charge in [-0.1, -0.05) is 6.92 Å². The van der Waals surface area contributed by atoms with Crippen LogP contribution in [0.5, 0.6) is 0 Å². The van der Waals surface area contributed by atoms with Crippen LogP contribution in [-0.2, 0) is 4.74 Å². The van der Waals surface area contributed by atoms with Crippen molar-refractivity contribution in [3.8, 4) is 0 Å². The Balaban J connectivity index is 2.54. The van der Waals surface area contributed by atoms with Gasteiger partial charge in [0.1, 0.15) is 6.61 Å². The molecule has 0 spiro atoms. The van der Waals surface area contributed by atoms with Gasteiger partial charge in [-0.25, -0.2) is 0 Å². The first-order valence-corrected chi connectivity index (χ1v) is 8.08. The fraction of sp³-hybridized carbons (Fsp3) is 0.692. The molecule has 0 saturated carbocycles. The molecule has 1 N–H and O–H groups in total. The van der Waals surface area contributed by atoms with Crippen molar-refractivity contribution < 1.29 is 17.9 Å². The standard InChI is InChI=1S/C13H19BrF3NOS/c1-3-5-18-11(4-6-19-8-13(15,16)17)12-10(14)7-9(2)20-12/h7,11,18H,3-6,8H2,1-2H3. The number of aryl methyl sites for hydroxylation is 1. The lowest BCUT2D eigenvalue weighted by molar-refractivity contribution is -0.174. The highest BCUT2D eigenvalue weighted by Gasteiger charge is 2.27. The molecule has 0 saturated heterocycles. The molecular formula is C13H19BrF3NOS. The summed E-state index contributed by atoms with van der Waals surface area (Å²) in [4.78, 5) is 2.29. The van der Waals surface area contributed by atoms with Gasteiger partial charge in [0.05, 0.1) is 0 Å². The topological polar surface area (TPSA) is 21.3 Å². The molecule has 116 valence electrons. The lowest BCUT2D eigenvalue weighted by atomic mass is 10.1. The first kappa shape index (κ1) is 17.9. The Morgan fingerprint density at radius 1 is 1.45 bits per heavy atom. The number of thiophene rings is 1. The van der Waals surface area contributed by atoms with E-state index in [0.29, 0.717) is 6.42 Å². The number of rotatable bonds is 8. The zero-order valence-electron chi connectivity index (χ0n) is 11.5. The maximum atomic E-state index is 12.0. The largest absolute Gasteiger partial charge is 0.411 e. The molecule has 1 atom stereocenters. The van der Waals surface area contributed by atoms with Gasteiger partial charge >= 0.3 is 6.18 Å². The zero-order valence-corrected chi connectivity index (χ0v) is 13.9. The molecule has 0 aliphatic heterocycles. The molecule has 20 heavy (non-hydrogen) atoms. The van der Waals surface area contributed by atoms with E-state index in [4.69, 9.17) is 4.74 Å². The summed E-state index contributed by atoms with van der Waals surface area (Å²) in [5, 5.41) is 3.36. The SMILES string of the molecule is CCCNC(CCOCC(F)(F)F)c1sc(C)cc1Br. The van der Waals surface area contributed by atoms with Gasteiger partial charge in [0.15, 0.2) is 0 Å². The molecule has 1 heterocycles. The molecule has 0 aliphatic rings. The highest BCUT2D eigenvalue weighted by atomic mass is 79.9. The molecule has 0 aromatic carbocycles. The maximum Gasteiger partial charge on any atom is 0.411 e. The minimum absolute atomic E-state index is 0.0243. The zero-order chi connectivity index (χ0) is 15.2. The molecule has 0 amide bonds. The molecule has 0 aliphatic carbocycles. The van der Waals surface area contributed by atoms with Gasteiger partial charge in [-0.2, -0.15) is 13.2 Å². The van der Waals surface area contributed by atoms with Crippen molar-refractivity contribution in [2.75, 3.05) is 19.8 Å². The van der Waals surface area contributed by atoms with Crippen molar-refractivity contribution in [2.24, 2.45) is 0 Å². The van der Waals surface area contributed by atoms with Crippen LogP contribution in [0.1, 0.15) is 35.6 Å². The molecule has 0 radical (unpaired) electrons. The summed E-state index contributed by atoms with van der Waals surface area (Å²) in [6.07, 6.45) is -2.76. The van der Waals surface area contributed by atoms with E-state index in [1.165, 1.54) is 4.88 Å². The van der Waals surface area contributed by atoms with E-state index in [-0.39, 0.29) is 12.6 Å². The van der Waals surface area contributed by atoms with Crippen LogP contribution in [0, 0.1) is 6.92 Å². The van der Waals surface area contributed by atoms with Crippen molar-refractivity contribution in [3.63, 3.8) is 0 Å². The van der Waals surface area contributed by atoms with Crippen molar-refractivity contribution in [3.05, 3.63) is 20.3 Å². The van der Waals surface area contributed by atoms with Gasteiger partial charge in [0.2, 0.25) is 0 Å². The molecule has 1 unspecified atom stereocenters. The first-order chi connectivity index (χ1) is 9.33. The Morgan fingerprint density at radius 3 is 2.65 bits per heavy atom. The van der Waals surface area contributed by atoms with Gasteiger partial charge in [-0.15, -0.1) is 11.3 Å². The lowest BCUT2D eigenvalue weighted by Crippen LogP contribution is -2.24. The summed E-state index contributed by atoms with van der Waals surface area (Å²) in [5.41, 5.74) is 0. The molecule has 1 rings (SSSR count). The summed E-state index contributed by atoms with van der Waals surface area (Å²) in [5.74, 6) is 0. The van der Waals surface area contributed by atoms with Crippen molar-refractivity contribution in [2.45, 2.75) is 38.9 Å². The molecule has 2 nitrogen and oxygen atoms in total. The Kier molecular flexibility index (Phi) is 7.50. The van der Waals surface area contributed by atoms with E-state index in [9.17, 15) is 13.2 Å². The summed E-state index contributed by atoms with van der Waals surface area (Å²) in [6, 6.07) is 2.05. The van der Waals surface area contributed by atoms with Crippen LogP contribution >= 0.6 is 27.3 Å². The second-order valence-electron chi connectivity index (χ2n) is 4.53. The second-order valence-corrected chi connectivity index (χ2v) is 6.67. The highest BCUT2D eigenvalue weighted by molar-refractivity contribution is 9.10. The fourth-order valence-corrected chi connectivity index (χ4v) is 3.81. The highest BCUT2D eigenvalue weighted by Crippen LogP contribution is 2.33. The van der Waals surface area contributed by atoms with Crippen molar-refractivity contribution in [1.82, 2.24) is 5.32 Å². The van der Waals surface area contributed by atoms with Gasteiger partial charge in [0.25, 0.3) is 0 Å². The van der Waals surface area contributed by atoms with Gasteiger partial charge < -0.3 is 10.1 Å². The van der Waals surface area contributed by atoms with E-state index < -0.39 is 12.8 Å². The Bertz CT molecular complexity index is 409. The molecule has 7 heteroatoms. The number of hydrogen-bond donors (Lipinski definition) is 1. The number of hydrogen-bond acceptors (Lipinski definition) is 3. The van der Waals surface area contributed by atoms with Crippen molar-refractivity contribution in [1.29, 1.82) is 0 Å². The third-order valence-corrected chi connectivity index (χ3v) is 4.69. The monoisotopic (exact) mass is 373 g/mol. The minimum Gasteiger partial charge on any atom is -0.372 e. The maximum absolute atomic E-state index is 12.0. The first-order valence-electron chi connectivity index (χ1n) is 6.47. The Labute approximate surface area is 129 Å². The summed E-state index contributed by atoms with van der Waals surface area (Å²) < 4.78 is 41.8. The predicted octanol–water partition coefficient (Wildman–Crippen LogP) is 4.83. The number of nitrogens with one attached hydrogen (secondary N) is 1. The number of alkyl halides is 3.